The SMILES string of the molecule is CCN(c1ccc(C(=O)Nc2ccc(Cl)c(-c3ccccn3)c2)cn1)C1CNCCO1. The zero-order valence-corrected chi connectivity index (χ0v) is 18.0. The Morgan fingerprint density at radius 2 is 2.16 bits per heavy atom. The molecule has 0 saturated carbocycles. The van der Waals surface area contributed by atoms with Crippen molar-refractivity contribution in [2.45, 2.75) is 13.2 Å². The number of amides is 1. The first kappa shape index (κ1) is 21.2. The van der Waals surface area contributed by atoms with E-state index in [1.165, 1.54) is 0 Å². The number of benzene rings is 1. The lowest BCUT2D eigenvalue weighted by Crippen LogP contribution is -2.49. The minimum Gasteiger partial charge on any atom is -0.356 e. The van der Waals surface area contributed by atoms with Gasteiger partial charge in [0.25, 0.3) is 5.91 Å². The fourth-order valence-corrected chi connectivity index (χ4v) is 3.69. The first-order chi connectivity index (χ1) is 15.2. The van der Waals surface area contributed by atoms with Gasteiger partial charge in [-0.3, -0.25) is 9.78 Å². The highest BCUT2D eigenvalue weighted by Crippen LogP contribution is 2.29. The van der Waals surface area contributed by atoms with E-state index in [0.717, 1.165) is 36.7 Å². The summed E-state index contributed by atoms with van der Waals surface area (Å²) in [6.45, 7) is 5.08. The van der Waals surface area contributed by atoms with Gasteiger partial charge in [0, 0.05) is 43.3 Å². The second-order valence-corrected chi connectivity index (χ2v) is 7.49. The predicted octanol–water partition coefficient (Wildman–Crippen LogP) is 3.82. The standard InChI is InChI=1S/C23H24ClN5O2/c1-2-29(22-15-25-11-12-31-22)21-9-6-16(14-27-21)23(30)28-17-7-8-19(24)18(13-17)20-5-3-4-10-26-20/h3-10,13-14,22,25H,2,11-12,15H2,1H3,(H,28,30). The Morgan fingerprint density at radius 3 is 2.84 bits per heavy atom. The first-order valence-corrected chi connectivity index (χ1v) is 10.6. The summed E-state index contributed by atoms with van der Waals surface area (Å²) in [6.07, 6.45) is 3.22. The molecular formula is C23H24ClN5O2. The molecule has 7 nitrogen and oxygen atoms in total. The maximum atomic E-state index is 12.8. The highest BCUT2D eigenvalue weighted by molar-refractivity contribution is 6.33. The van der Waals surface area contributed by atoms with E-state index >= 15 is 0 Å². The van der Waals surface area contributed by atoms with Crippen LogP contribution in [0.25, 0.3) is 11.3 Å². The normalized spacial score (nSPS) is 16.0. The van der Waals surface area contributed by atoms with Gasteiger partial charge in [0.15, 0.2) is 0 Å². The van der Waals surface area contributed by atoms with Gasteiger partial charge in [0.2, 0.25) is 0 Å². The molecule has 1 aliphatic heterocycles. The van der Waals surface area contributed by atoms with Crippen LogP contribution in [0.3, 0.4) is 0 Å². The molecule has 0 aliphatic carbocycles. The largest absolute Gasteiger partial charge is 0.356 e. The number of rotatable bonds is 6. The van der Waals surface area contributed by atoms with Crippen LogP contribution in [0.4, 0.5) is 11.5 Å². The van der Waals surface area contributed by atoms with Crippen molar-refractivity contribution >= 4 is 29.0 Å². The number of aromatic nitrogens is 2. The van der Waals surface area contributed by atoms with Crippen LogP contribution in [0.1, 0.15) is 17.3 Å². The molecule has 1 aromatic carbocycles. The number of pyridine rings is 2. The molecule has 4 rings (SSSR count). The Kier molecular flexibility index (Phi) is 6.76. The van der Waals surface area contributed by atoms with E-state index in [9.17, 15) is 4.79 Å². The van der Waals surface area contributed by atoms with Crippen molar-refractivity contribution in [3.8, 4) is 11.3 Å². The molecule has 31 heavy (non-hydrogen) atoms. The maximum absolute atomic E-state index is 12.8. The first-order valence-electron chi connectivity index (χ1n) is 10.2. The molecule has 160 valence electrons. The molecular weight excluding hydrogens is 414 g/mol. The predicted molar refractivity (Wildman–Crippen MR) is 123 cm³/mol. The minimum absolute atomic E-state index is 0.0648. The number of anilines is 2. The molecule has 1 fully saturated rings. The average molecular weight is 438 g/mol. The Bertz CT molecular complexity index is 1020. The fourth-order valence-electron chi connectivity index (χ4n) is 3.48. The van der Waals surface area contributed by atoms with Crippen LogP contribution in [-0.4, -0.2) is 48.3 Å². The lowest BCUT2D eigenvalue weighted by Gasteiger charge is -2.34. The molecule has 8 heteroatoms. The summed E-state index contributed by atoms with van der Waals surface area (Å²) in [5, 5.41) is 6.80. The third-order valence-electron chi connectivity index (χ3n) is 5.07. The molecule has 0 bridgehead atoms. The Balaban J connectivity index is 1.48. The molecule has 0 radical (unpaired) electrons. The van der Waals surface area contributed by atoms with Crippen molar-refractivity contribution < 1.29 is 9.53 Å². The van der Waals surface area contributed by atoms with Gasteiger partial charge in [-0.2, -0.15) is 0 Å². The fraction of sp³-hybridized carbons (Fsp3) is 0.261. The van der Waals surface area contributed by atoms with Crippen molar-refractivity contribution in [3.63, 3.8) is 0 Å². The number of halogens is 1. The lowest BCUT2D eigenvalue weighted by molar-refractivity contribution is 0.0268. The van der Waals surface area contributed by atoms with E-state index < -0.39 is 0 Å². The Labute approximate surface area is 186 Å². The van der Waals surface area contributed by atoms with Crippen LogP contribution < -0.4 is 15.5 Å². The van der Waals surface area contributed by atoms with Crippen molar-refractivity contribution in [2.24, 2.45) is 0 Å². The number of likely N-dealkylation sites (N-methyl/N-ethyl adjacent to an activating group) is 1. The van der Waals surface area contributed by atoms with Gasteiger partial charge in [-0.05, 0) is 49.4 Å². The van der Waals surface area contributed by atoms with E-state index in [4.69, 9.17) is 16.3 Å². The topological polar surface area (TPSA) is 79.4 Å². The maximum Gasteiger partial charge on any atom is 0.257 e. The number of carbonyl (C=O) groups excluding carboxylic acids is 1. The van der Waals surface area contributed by atoms with Crippen LogP contribution in [0.15, 0.2) is 60.9 Å². The molecule has 1 saturated heterocycles. The minimum atomic E-state index is -0.244. The molecule has 1 atom stereocenters. The van der Waals surface area contributed by atoms with Crippen molar-refractivity contribution in [3.05, 3.63) is 71.5 Å². The summed E-state index contributed by atoms with van der Waals surface area (Å²) in [5.74, 6) is 0.531. The van der Waals surface area contributed by atoms with E-state index in [0.29, 0.717) is 22.9 Å². The lowest BCUT2D eigenvalue weighted by atomic mass is 10.1. The summed E-state index contributed by atoms with van der Waals surface area (Å²) < 4.78 is 5.83. The zero-order chi connectivity index (χ0) is 21.6. The van der Waals surface area contributed by atoms with Gasteiger partial charge >= 0.3 is 0 Å². The smallest absolute Gasteiger partial charge is 0.257 e. The summed E-state index contributed by atoms with van der Waals surface area (Å²) >= 11 is 6.33. The van der Waals surface area contributed by atoms with Gasteiger partial charge in [0.1, 0.15) is 12.0 Å². The highest BCUT2D eigenvalue weighted by Gasteiger charge is 2.22. The number of carbonyl (C=O) groups is 1. The van der Waals surface area contributed by atoms with Gasteiger partial charge in [-0.15, -0.1) is 0 Å². The number of nitrogens with one attached hydrogen (secondary N) is 2. The van der Waals surface area contributed by atoms with E-state index in [-0.39, 0.29) is 12.1 Å². The molecule has 1 amide bonds. The number of nitrogens with zero attached hydrogens (tertiary/aromatic N) is 3. The monoisotopic (exact) mass is 437 g/mol. The molecule has 2 N–H and O–H groups in total. The highest BCUT2D eigenvalue weighted by atomic mass is 35.5. The summed E-state index contributed by atoms with van der Waals surface area (Å²) in [4.78, 5) is 23.7. The van der Waals surface area contributed by atoms with Crippen LogP contribution >= 0.6 is 11.6 Å². The Morgan fingerprint density at radius 1 is 1.26 bits per heavy atom. The Hall–Kier alpha value is -3.00. The van der Waals surface area contributed by atoms with Gasteiger partial charge < -0.3 is 20.3 Å². The second-order valence-electron chi connectivity index (χ2n) is 7.08. The number of morpholine rings is 1. The van der Waals surface area contributed by atoms with E-state index in [2.05, 4.69) is 32.4 Å². The molecule has 3 heterocycles. The van der Waals surface area contributed by atoms with Gasteiger partial charge in [-0.25, -0.2) is 4.98 Å². The summed E-state index contributed by atoms with van der Waals surface area (Å²) in [7, 11) is 0. The quantitative estimate of drug-likeness (QED) is 0.610. The van der Waals surface area contributed by atoms with Gasteiger partial charge in [-0.1, -0.05) is 17.7 Å². The van der Waals surface area contributed by atoms with Crippen molar-refractivity contribution in [2.75, 3.05) is 36.5 Å². The summed E-state index contributed by atoms with van der Waals surface area (Å²) in [5.41, 5.74) is 2.61. The third-order valence-corrected chi connectivity index (χ3v) is 5.40. The summed E-state index contributed by atoms with van der Waals surface area (Å²) in [6, 6.07) is 14.6. The second kappa shape index (κ2) is 9.87. The molecule has 0 spiro atoms. The molecule has 1 aliphatic rings. The number of hydrogen-bond acceptors (Lipinski definition) is 6. The molecule has 2 aromatic heterocycles. The van der Waals surface area contributed by atoms with Crippen LogP contribution in [0.2, 0.25) is 5.02 Å². The molecule has 1 unspecified atom stereocenters. The number of hydrogen-bond donors (Lipinski definition) is 2. The van der Waals surface area contributed by atoms with Gasteiger partial charge in [0.05, 0.1) is 22.9 Å². The van der Waals surface area contributed by atoms with Crippen LogP contribution in [0.5, 0.6) is 0 Å². The number of ether oxygens (including phenoxy) is 1. The van der Waals surface area contributed by atoms with Crippen molar-refractivity contribution in [1.29, 1.82) is 0 Å². The average Bonchev–Trinajstić information content (AvgIpc) is 2.82. The van der Waals surface area contributed by atoms with Crippen molar-refractivity contribution in [1.82, 2.24) is 15.3 Å². The zero-order valence-electron chi connectivity index (χ0n) is 17.2. The van der Waals surface area contributed by atoms with Crippen LogP contribution in [-0.2, 0) is 4.74 Å². The third kappa shape index (κ3) is 5.02. The molecule has 3 aromatic rings. The van der Waals surface area contributed by atoms with E-state index in [1.807, 2.05) is 30.3 Å². The van der Waals surface area contributed by atoms with Crippen LogP contribution in [0, 0.1) is 0 Å². The van der Waals surface area contributed by atoms with E-state index in [1.54, 1.807) is 30.6 Å².